The number of hydrogen-bond donors (Lipinski definition) is 2. The van der Waals surface area contributed by atoms with Crippen LogP contribution in [0.1, 0.15) is 48.3 Å². The molecule has 0 aliphatic rings. The maximum atomic E-state index is 14.2. The summed E-state index contributed by atoms with van der Waals surface area (Å²) in [5, 5.41) is 21.0. The van der Waals surface area contributed by atoms with Crippen molar-refractivity contribution >= 4 is 17.0 Å². The lowest BCUT2D eigenvalue weighted by molar-refractivity contribution is 0.194. The Morgan fingerprint density at radius 2 is 1.86 bits per heavy atom. The highest BCUT2D eigenvalue weighted by molar-refractivity contribution is 5.79. The summed E-state index contributed by atoms with van der Waals surface area (Å²) < 4.78 is 29.6. The van der Waals surface area contributed by atoms with Crippen molar-refractivity contribution in [3.8, 4) is 11.8 Å². The van der Waals surface area contributed by atoms with Crippen molar-refractivity contribution in [2.24, 2.45) is 0 Å². The molecule has 1 atom stereocenters. The third kappa shape index (κ3) is 4.90. The second kappa shape index (κ2) is 9.92. The van der Waals surface area contributed by atoms with E-state index in [2.05, 4.69) is 15.3 Å². The number of nitrogens with one attached hydrogen (secondary N) is 1. The number of hydrogen-bond acceptors (Lipinski definition) is 5. The maximum absolute atomic E-state index is 14.2. The van der Waals surface area contributed by atoms with Crippen LogP contribution in [-0.4, -0.2) is 32.3 Å². The molecule has 0 bridgehead atoms. The van der Waals surface area contributed by atoms with Gasteiger partial charge in [0.15, 0.2) is 0 Å². The fourth-order valence-corrected chi connectivity index (χ4v) is 3.95. The van der Waals surface area contributed by atoms with Gasteiger partial charge in [0.2, 0.25) is 0 Å². The molecule has 0 radical (unpaired) electrons. The molecule has 36 heavy (non-hydrogen) atoms. The minimum Gasteiger partial charge on any atom is -0.465 e. The van der Waals surface area contributed by atoms with Gasteiger partial charge in [0.1, 0.15) is 17.5 Å². The van der Waals surface area contributed by atoms with Crippen LogP contribution in [0.15, 0.2) is 59.5 Å². The topological polar surface area (TPSA) is 121 Å². The lowest BCUT2D eigenvalue weighted by Crippen LogP contribution is -2.33. The standard InChI is InChI=1S/C26H21F2N5O3/c1-14(2)22-6-4-19(12-30-22)33-24(32-23-7-15(11-29)3-5-20(23)25(33)34)21(13-31-26(35)36)16-8-17(27)10-18(28)9-16/h3-10,12,14,21,31H,13H2,1-2H3,(H,35,36)/t21-/m0/s1. The second-order valence-corrected chi connectivity index (χ2v) is 8.49. The summed E-state index contributed by atoms with van der Waals surface area (Å²) in [6.45, 7) is 3.61. The van der Waals surface area contributed by atoms with Gasteiger partial charge < -0.3 is 10.4 Å². The van der Waals surface area contributed by atoms with Crippen LogP contribution in [0.4, 0.5) is 13.6 Å². The average molecular weight is 489 g/mol. The number of pyridine rings is 1. The number of rotatable bonds is 6. The molecule has 2 N–H and O–H groups in total. The van der Waals surface area contributed by atoms with Crippen LogP contribution in [0.2, 0.25) is 0 Å². The molecule has 0 saturated carbocycles. The van der Waals surface area contributed by atoms with Crippen molar-refractivity contribution in [3.05, 3.63) is 99.4 Å². The summed E-state index contributed by atoms with van der Waals surface area (Å²) in [6, 6.07) is 12.6. The van der Waals surface area contributed by atoms with Gasteiger partial charge in [0.25, 0.3) is 5.56 Å². The Labute approximate surface area is 204 Å². The smallest absolute Gasteiger partial charge is 0.404 e. The van der Waals surface area contributed by atoms with Gasteiger partial charge in [-0.1, -0.05) is 13.8 Å². The van der Waals surface area contributed by atoms with Gasteiger partial charge in [0.05, 0.1) is 40.3 Å². The first-order valence-corrected chi connectivity index (χ1v) is 11.0. The van der Waals surface area contributed by atoms with Crippen LogP contribution >= 0.6 is 0 Å². The number of carbonyl (C=O) groups is 1. The van der Waals surface area contributed by atoms with E-state index in [-0.39, 0.29) is 40.3 Å². The molecule has 0 saturated heterocycles. The van der Waals surface area contributed by atoms with E-state index in [0.29, 0.717) is 11.8 Å². The summed E-state index contributed by atoms with van der Waals surface area (Å²) in [5.74, 6) is -2.62. The second-order valence-electron chi connectivity index (χ2n) is 8.49. The Balaban J connectivity index is 2.05. The lowest BCUT2D eigenvalue weighted by Gasteiger charge is -2.22. The molecule has 182 valence electrons. The largest absolute Gasteiger partial charge is 0.465 e. The molecule has 0 spiro atoms. The van der Waals surface area contributed by atoms with Crippen molar-refractivity contribution in [3.63, 3.8) is 0 Å². The minimum absolute atomic E-state index is 0.0282. The van der Waals surface area contributed by atoms with E-state index in [1.54, 1.807) is 12.1 Å². The molecule has 0 aliphatic heterocycles. The molecule has 0 fully saturated rings. The van der Waals surface area contributed by atoms with Crippen LogP contribution in [-0.2, 0) is 0 Å². The van der Waals surface area contributed by atoms with Gasteiger partial charge >= 0.3 is 6.09 Å². The zero-order valence-corrected chi connectivity index (χ0v) is 19.4. The quantitative estimate of drug-likeness (QED) is 0.413. The molecular weight excluding hydrogens is 468 g/mol. The monoisotopic (exact) mass is 489 g/mol. The summed E-state index contributed by atoms with van der Waals surface area (Å²) >= 11 is 0. The molecule has 4 rings (SSSR count). The maximum Gasteiger partial charge on any atom is 0.404 e. The van der Waals surface area contributed by atoms with E-state index in [1.807, 2.05) is 19.9 Å². The third-order valence-electron chi connectivity index (χ3n) is 5.70. The number of carboxylic acid groups (broad SMARTS) is 1. The highest BCUT2D eigenvalue weighted by Gasteiger charge is 2.25. The van der Waals surface area contributed by atoms with E-state index in [0.717, 1.165) is 17.8 Å². The first kappa shape index (κ1) is 24.5. The number of fused-ring (bicyclic) bond motifs is 1. The molecule has 2 aromatic carbocycles. The van der Waals surface area contributed by atoms with Gasteiger partial charge in [-0.05, 0) is 53.9 Å². The highest BCUT2D eigenvalue weighted by atomic mass is 19.1. The van der Waals surface area contributed by atoms with Crippen molar-refractivity contribution in [1.82, 2.24) is 19.9 Å². The number of halogens is 2. The van der Waals surface area contributed by atoms with Gasteiger partial charge in [-0.3, -0.25) is 14.3 Å². The molecule has 0 unspecified atom stereocenters. The Kier molecular flexibility index (Phi) is 6.74. The van der Waals surface area contributed by atoms with E-state index >= 15 is 0 Å². The fraction of sp³-hybridized carbons (Fsp3) is 0.192. The normalized spacial score (nSPS) is 11.9. The average Bonchev–Trinajstić information content (AvgIpc) is 2.83. The Morgan fingerprint density at radius 1 is 1.14 bits per heavy atom. The van der Waals surface area contributed by atoms with Crippen LogP contribution in [0.5, 0.6) is 0 Å². The minimum atomic E-state index is -1.36. The van der Waals surface area contributed by atoms with Gasteiger partial charge in [-0.2, -0.15) is 5.26 Å². The summed E-state index contributed by atoms with van der Waals surface area (Å²) in [7, 11) is 0. The van der Waals surface area contributed by atoms with E-state index in [9.17, 15) is 28.7 Å². The van der Waals surface area contributed by atoms with Crippen molar-refractivity contribution < 1.29 is 18.7 Å². The Hall–Kier alpha value is -4.65. The molecule has 2 aromatic heterocycles. The molecule has 8 nitrogen and oxygen atoms in total. The van der Waals surface area contributed by atoms with Crippen LogP contribution in [0.25, 0.3) is 16.6 Å². The van der Waals surface area contributed by atoms with E-state index in [4.69, 9.17) is 0 Å². The van der Waals surface area contributed by atoms with Gasteiger partial charge in [-0.15, -0.1) is 0 Å². The van der Waals surface area contributed by atoms with Crippen molar-refractivity contribution in [1.29, 1.82) is 5.26 Å². The number of benzene rings is 2. The molecule has 10 heteroatoms. The van der Waals surface area contributed by atoms with Crippen molar-refractivity contribution in [2.75, 3.05) is 6.54 Å². The lowest BCUT2D eigenvalue weighted by atomic mass is 9.96. The van der Waals surface area contributed by atoms with Crippen molar-refractivity contribution in [2.45, 2.75) is 25.7 Å². The highest BCUT2D eigenvalue weighted by Crippen LogP contribution is 2.27. The molecule has 4 aromatic rings. The van der Waals surface area contributed by atoms with Gasteiger partial charge in [-0.25, -0.2) is 18.6 Å². The number of nitriles is 1. The summed E-state index contributed by atoms with van der Waals surface area (Å²) in [5.41, 5.74) is 1.15. The Morgan fingerprint density at radius 3 is 2.44 bits per heavy atom. The fourth-order valence-electron chi connectivity index (χ4n) is 3.95. The number of amides is 1. The number of aromatic nitrogens is 3. The molecule has 0 aliphatic carbocycles. The molecule has 2 heterocycles. The zero-order valence-electron chi connectivity index (χ0n) is 19.4. The SMILES string of the molecule is CC(C)c1ccc(-n2c([C@@H](CNC(=O)O)c3cc(F)cc(F)c3)nc3cc(C#N)ccc3c2=O)cn1. The zero-order chi connectivity index (χ0) is 26.0. The van der Waals surface area contributed by atoms with E-state index < -0.39 is 29.2 Å². The predicted octanol–water partition coefficient (Wildman–Crippen LogP) is 4.45. The van der Waals surface area contributed by atoms with E-state index in [1.165, 1.54) is 29.0 Å². The van der Waals surface area contributed by atoms with Crippen LogP contribution in [0, 0.1) is 23.0 Å². The summed E-state index contributed by atoms with van der Waals surface area (Å²) in [6.07, 6.45) is 0.131. The van der Waals surface area contributed by atoms with Crippen LogP contribution in [0.3, 0.4) is 0 Å². The third-order valence-corrected chi connectivity index (χ3v) is 5.70. The Bertz CT molecular complexity index is 1540. The van der Waals surface area contributed by atoms with Gasteiger partial charge in [0, 0.05) is 18.3 Å². The molecular formula is C26H21F2N5O3. The van der Waals surface area contributed by atoms with Crippen LogP contribution < -0.4 is 10.9 Å². The first-order valence-electron chi connectivity index (χ1n) is 11.0. The number of nitrogens with zero attached hydrogens (tertiary/aromatic N) is 4. The predicted molar refractivity (Wildman–Crippen MR) is 128 cm³/mol. The first-order chi connectivity index (χ1) is 17.2. The molecule has 1 amide bonds. The summed E-state index contributed by atoms with van der Waals surface area (Å²) in [4.78, 5) is 34.0.